The van der Waals surface area contributed by atoms with Gasteiger partial charge in [-0.1, -0.05) is 12.1 Å². The number of dihydropyridines is 1. The Morgan fingerprint density at radius 1 is 0.903 bits per heavy atom. The van der Waals surface area contributed by atoms with E-state index in [0.29, 0.717) is 33.9 Å². The number of rotatable bonds is 8. The smallest absolute Gasteiger partial charge is 0.337 e. The fraction of sp³-hybridized carbons (Fsp3) is 0.435. The molecule has 1 aliphatic heterocycles. The minimum absolute atomic E-state index is 0.247. The van der Waals surface area contributed by atoms with Crippen molar-refractivity contribution < 1.29 is 28.6 Å². The van der Waals surface area contributed by atoms with Gasteiger partial charge in [-0.3, -0.25) is 4.79 Å². The number of ether oxygens (including phenoxy) is 3. The molecular formula is C23H30N2O6. The molecule has 0 spiro atoms. The van der Waals surface area contributed by atoms with E-state index in [9.17, 15) is 14.4 Å². The molecule has 8 heteroatoms. The highest BCUT2D eigenvalue weighted by Crippen LogP contribution is 2.40. The summed E-state index contributed by atoms with van der Waals surface area (Å²) in [6.45, 7) is 10.3. The highest BCUT2D eigenvalue weighted by atomic mass is 16.5. The van der Waals surface area contributed by atoms with Crippen LogP contribution in [0.25, 0.3) is 0 Å². The maximum Gasteiger partial charge on any atom is 0.337 e. The molecule has 1 aromatic rings. The summed E-state index contributed by atoms with van der Waals surface area (Å²) in [5.41, 5.74) is 7.66. The van der Waals surface area contributed by atoms with Gasteiger partial charge < -0.3 is 25.3 Å². The first-order valence-corrected chi connectivity index (χ1v) is 10.1. The van der Waals surface area contributed by atoms with Crippen LogP contribution in [0.5, 0.6) is 5.75 Å². The number of primary amides is 1. The summed E-state index contributed by atoms with van der Waals surface area (Å²) in [6.07, 6.45) is -0.646. The van der Waals surface area contributed by atoms with Gasteiger partial charge in [0.25, 0.3) is 5.91 Å². The van der Waals surface area contributed by atoms with E-state index in [2.05, 4.69) is 5.32 Å². The first kappa shape index (κ1) is 24.0. The molecule has 3 N–H and O–H groups in total. The van der Waals surface area contributed by atoms with Crippen molar-refractivity contribution in [3.63, 3.8) is 0 Å². The Morgan fingerprint density at radius 3 is 1.74 bits per heavy atom. The first-order chi connectivity index (χ1) is 14.5. The minimum atomic E-state index is -0.691. The molecule has 0 unspecified atom stereocenters. The van der Waals surface area contributed by atoms with Crippen LogP contribution < -0.4 is 15.8 Å². The number of carbonyl (C=O) groups is 3. The number of nitrogens with one attached hydrogen (secondary N) is 1. The lowest BCUT2D eigenvalue weighted by Crippen LogP contribution is -2.33. The fourth-order valence-electron chi connectivity index (χ4n) is 3.33. The quantitative estimate of drug-likeness (QED) is 0.609. The highest BCUT2D eigenvalue weighted by Gasteiger charge is 2.38. The van der Waals surface area contributed by atoms with Gasteiger partial charge in [-0.25, -0.2) is 9.59 Å². The number of allylic oxidation sites excluding steroid dienone is 2. The van der Waals surface area contributed by atoms with Crippen LogP contribution in [-0.2, 0) is 23.9 Å². The van der Waals surface area contributed by atoms with Crippen LogP contribution in [0.2, 0.25) is 0 Å². The average Bonchev–Trinajstić information content (AvgIpc) is 2.64. The Hall–Kier alpha value is -3.29. The van der Waals surface area contributed by atoms with Crippen molar-refractivity contribution in [2.45, 2.75) is 59.7 Å². The molecule has 0 saturated heterocycles. The lowest BCUT2D eigenvalue weighted by molar-refractivity contribution is -0.143. The van der Waals surface area contributed by atoms with Crippen LogP contribution in [-0.4, -0.2) is 36.7 Å². The van der Waals surface area contributed by atoms with E-state index in [1.807, 2.05) is 0 Å². The molecule has 168 valence electrons. The largest absolute Gasteiger partial charge is 0.484 e. The standard InChI is InChI=1S/C23H30N2O6/c1-12(2)30-22(27)19-14(5)25-15(6)20(23(28)31-13(3)4)21(19)16-7-9-17(10-8-16)29-11-18(24)26/h7-10,12-13,21,25H,11H2,1-6H3,(H2,24,26). The predicted octanol–water partition coefficient (Wildman–Crippen LogP) is 2.69. The van der Waals surface area contributed by atoms with Crippen LogP contribution in [0.4, 0.5) is 0 Å². The van der Waals surface area contributed by atoms with Crippen molar-refractivity contribution in [2.24, 2.45) is 5.73 Å². The van der Waals surface area contributed by atoms with E-state index in [-0.39, 0.29) is 18.8 Å². The average molecular weight is 431 g/mol. The Balaban J connectivity index is 2.53. The summed E-state index contributed by atoms with van der Waals surface area (Å²) in [5, 5.41) is 3.11. The van der Waals surface area contributed by atoms with Crippen LogP contribution in [0.3, 0.4) is 0 Å². The van der Waals surface area contributed by atoms with Gasteiger partial charge in [0, 0.05) is 11.4 Å². The van der Waals surface area contributed by atoms with Gasteiger partial charge in [0.1, 0.15) is 5.75 Å². The number of nitrogens with two attached hydrogens (primary N) is 1. The molecule has 0 aromatic heterocycles. The van der Waals surface area contributed by atoms with Crippen molar-refractivity contribution in [3.05, 3.63) is 52.4 Å². The normalized spacial score (nSPS) is 14.6. The van der Waals surface area contributed by atoms with E-state index in [4.69, 9.17) is 19.9 Å². The second-order valence-corrected chi connectivity index (χ2v) is 7.87. The summed E-state index contributed by atoms with van der Waals surface area (Å²) in [6, 6.07) is 6.78. The van der Waals surface area contributed by atoms with E-state index in [1.165, 1.54) is 0 Å². The Morgan fingerprint density at radius 2 is 1.35 bits per heavy atom. The summed E-state index contributed by atoms with van der Waals surface area (Å²) in [7, 11) is 0. The molecule has 1 heterocycles. The summed E-state index contributed by atoms with van der Waals surface area (Å²) < 4.78 is 16.2. The molecule has 2 rings (SSSR count). The monoisotopic (exact) mass is 430 g/mol. The molecule has 0 aliphatic carbocycles. The molecule has 0 saturated carbocycles. The predicted molar refractivity (Wildman–Crippen MR) is 115 cm³/mol. The van der Waals surface area contributed by atoms with Gasteiger partial charge in [-0.2, -0.15) is 0 Å². The summed E-state index contributed by atoms with van der Waals surface area (Å²) in [5.74, 6) is -1.86. The second kappa shape index (κ2) is 10.1. The van der Waals surface area contributed by atoms with Gasteiger partial charge in [-0.05, 0) is 59.2 Å². The maximum absolute atomic E-state index is 13.0. The van der Waals surface area contributed by atoms with Crippen LogP contribution in [0.15, 0.2) is 46.8 Å². The second-order valence-electron chi connectivity index (χ2n) is 7.87. The van der Waals surface area contributed by atoms with E-state index in [1.54, 1.807) is 65.8 Å². The molecule has 0 atom stereocenters. The third-order valence-electron chi connectivity index (χ3n) is 4.48. The SMILES string of the molecule is CC1=C(C(=O)OC(C)C)C(c2ccc(OCC(N)=O)cc2)C(C(=O)OC(C)C)=C(C)N1. The van der Waals surface area contributed by atoms with Gasteiger partial charge in [-0.15, -0.1) is 0 Å². The van der Waals surface area contributed by atoms with Crippen molar-refractivity contribution >= 4 is 17.8 Å². The zero-order chi connectivity index (χ0) is 23.3. The number of benzene rings is 1. The number of esters is 2. The highest BCUT2D eigenvalue weighted by molar-refractivity contribution is 6.00. The topological polar surface area (TPSA) is 117 Å². The number of hydrogen-bond acceptors (Lipinski definition) is 7. The molecule has 0 radical (unpaired) electrons. The van der Waals surface area contributed by atoms with Crippen molar-refractivity contribution in [1.82, 2.24) is 5.32 Å². The molecule has 1 aliphatic rings. The third-order valence-corrected chi connectivity index (χ3v) is 4.48. The number of hydrogen-bond donors (Lipinski definition) is 2. The molecule has 0 fully saturated rings. The van der Waals surface area contributed by atoms with E-state index >= 15 is 0 Å². The lowest BCUT2D eigenvalue weighted by Gasteiger charge is -2.31. The molecule has 1 amide bonds. The van der Waals surface area contributed by atoms with E-state index in [0.717, 1.165) is 0 Å². The summed E-state index contributed by atoms with van der Waals surface area (Å²) in [4.78, 5) is 36.9. The first-order valence-electron chi connectivity index (χ1n) is 10.1. The van der Waals surface area contributed by atoms with Crippen LogP contribution in [0.1, 0.15) is 53.0 Å². The van der Waals surface area contributed by atoms with Crippen LogP contribution >= 0.6 is 0 Å². The van der Waals surface area contributed by atoms with Gasteiger partial charge in [0.05, 0.1) is 29.3 Å². The Labute approximate surface area is 182 Å². The van der Waals surface area contributed by atoms with Gasteiger partial charge in [0.15, 0.2) is 6.61 Å². The molecule has 0 bridgehead atoms. The molecule has 1 aromatic carbocycles. The van der Waals surface area contributed by atoms with Crippen molar-refractivity contribution in [2.75, 3.05) is 6.61 Å². The van der Waals surface area contributed by atoms with Crippen molar-refractivity contribution in [1.29, 1.82) is 0 Å². The number of amides is 1. The third kappa shape index (κ3) is 6.10. The maximum atomic E-state index is 13.0. The van der Waals surface area contributed by atoms with Gasteiger partial charge >= 0.3 is 11.9 Å². The Kier molecular flexibility index (Phi) is 7.85. The van der Waals surface area contributed by atoms with Crippen molar-refractivity contribution in [3.8, 4) is 5.75 Å². The zero-order valence-electron chi connectivity index (χ0n) is 18.8. The zero-order valence-corrected chi connectivity index (χ0v) is 18.8. The molecular weight excluding hydrogens is 400 g/mol. The van der Waals surface area contributed by atoms with Crippen LogP contribution in [0, 0.1) is 0 Å². The summed E-state index contributed by atoms with van der Waals surface area (Å²) >= 11 is 0. The van der Waals surface area contributed by atoms with Gasteiger partial charge in [0.2, 0.25) is 0 Å². The molecule has 8 nitrogen and oxygen atoms in total. The molecule has 31 heavy (non-hydrogen) atoms. The minimum Gasteiger partial charge on any atom is -0.484 e. The number of carbonyl (C=O) groups excluding carboxylic acids is 3. The Bertz CT molecular complexity index is 868. The fourth-order valence-corrected chi connectivity index (χ4v) is 3.33. The van der Waals surface area contributed by atoms with E-state index < -0.39 is 23.8 Å². The lowest BCUT2D eigenvalue weighted by atomic mass is 9.80.